The minimum Gasteiger partial charge on any atom is -0.330 e. The van der Waals surface area contributed by atoms with E-state index in [2.05, 4.69) is 36.4 Å². The fourth-order valence-corrected chi connectivity index (χ4v) is 2.38. The molecule has 86 valence electrons. The largest absolute Gasteiger partial charge is 0.330 e. The number of hydrogen-bond donors (Lipinski definition) is 1. The van der Waals surface area contributed by atoms with Gasteiger partial charge >= 0.3 is 0 Å². The highest BCUT2D eigenvalue weighted by Gasteiger charge is 2.07. The molecule has 0 saturated carbocycles. The Balaban J connectivity index is 2.14. The summed E-state index contributed by atoms with van der Waals surface area (Å²) in [6, 6.07) is 8.69. The SMILES string of the molecule is NCCc1ccc2nc3c(cc2c1)C=CCC3. The number of pyridine rings is 1. The molecule has 3 rings (SSSR count). The highest BCUT2D eigenvalue weighted by Crippen LogP contribution is 2.23. The third-order valence-electron chi connectivity index (χ3n) is 3.27. The normalized spacial score (nSPS) is 13.9. The molecule has 2 aromatic rings. The topological polar surface area (TPSA) is 38.9 Å². The third kappa shape index (κ3) is 1.96. The molecule has 1 aromatic carbocycles. The standard InChI is InChI=1S/C15H16N2/c16-8-7-11-5-6-15-13(9-11)10-12-3-1-2-4-14(12)17-15/h1,3,5-6,9-10H,2,4,7-8,16H2. The van der Waals surface area contributed by atoms with Crippen molar-refractivity contribution < 1.29 is 0 Å². The monoisotopic (exact) mass is 224 g/mol. The number of aryl methyl sites for hydroxylation is 1. The van der Waals surface area contributed by atoms with E-state index in [4.69, 9.17) is 10.7 Å². The first-order valence-corrected chi connectivity index (χ1v) is 6.16. The first-order valence-electron chi connectivity index (χ1n) is 6.16. The molecule has 0 spiro atoms. The minimum atomic E-state index is 0.698. The van der Waals surface area contributed by atoms with Gasteiger partial charge in [0.2, 0.25) is 0 Å². The molecule has 0 unspecified atom stereocenters. The summed E-state index contributed by atoms with van der Waals surface area (Å²) in [4.78, 5) is 4.73. The number of nitrogens with zero attached hydrogens (tertiary/aromatic N) is 1. The average Bonchev–Trinajstić information content (AvgIpc) is 2.36. The second-order valence-electron chi connectivity index (χ2n) is 4.53. The van der Waals surface area contributed by atoms with Gasteiger partial charge in [-0.05, 0) is 55.1 Å². The van der Waals surface area contributed by atoms with Gasteiger partial charge in [-0.3, -0.25) is 4.98 Å². The van der Waals surface area contributed by atoms with Crippen molar-refractivity contribution in [3.63, 3.8) is 0 Å². The van der Waals surface area contributed by atoms with E-state index < -0.39 is 0 Å². The van der Waals surface area contributed by atoms with Crippen molar-refractivity contribution in [3.8, 4) is 0 Å². The van der Waals surface area contributed by atoms with Crippen LogP contribution in [0.2, 0.25) is 0 Å². The van der Waals surface area contributed by atoms with Crippen LogP contribution >= 0.6 is 0 Å². The van der Waals surface area contributed by atoms with Crippen LogP contribution in [0.5, 0.6) is 0 Å². The van der Waals surface area contributed by atoms with Crippen LogP contribution < -0.4 is 5.73 Å². The van der Waals surface area contributed by atoms with Gasteiger partial charge in [0.05, 0.1) is 5.52 Å². The molecule has 1 aliphatic carbocycles. The van der Waals surface area contributed by atoms with Crippen molar-refractivity contribution >= 4 is 17.0 Å². The van der Waals surface area contributed by atoms with Crippen molar-refractivity contribution in [1.82, 2.24) is 4.98 Å². The van der Waals surface area contributed by atoms with E-state index in [0.29, 0.717) is 6.54 Å². The van der Waals surface area contributed by atoms with Gasteiger partial charge < -0.3 is 5.73 Å². The Morgan fingerprint density at radius 1 is 1.24 bits per heavy atom. The van der Waals surface area contributed by atoms with E-state index in [9.17, 15) is 0 Å². The minimum absolute atomic E-state index is 0.698. The lowest BCUT2D eigenvalue weighted by Gasteiger charge is -2.11. The van der Waals surface area contributed by atoms with Crippen molar-refractivity contribution in [2.75, 3.05) is 6.54 Å². The van der Waals surface area contributed by atoms with E-state index in [0.717, 1.165) is 24.8 Å². The van der Waals surface area contributed by atoms with E-state index >= 15 is 0 Å². The van der Waals surface area contributed by atoms with Crippen molar-refractivity contribution in [2.24, 2.45) is 5.73 Å². The van der Waals surface area contributed by atoms with E-state index in [1.807, 2.05) is 0 Å². The van der Waals surface area contributed by atoms with Gasteiger partial charge in [-0.2, -0.15) is 0 Å². The molecule has 0 atom stereocenters. The molecule has 17 heavy (non-hydrogen) atoms. The third-order valence-corrected chi connectivity index (χ3v) is 3.27. The van der Waals surface area contributed by atoms with Crippen LogP contribution in [0.1, 0.15) is 23.2 Å². The molecule has 0 fully saturated rings. The summed E-state index contributed by atoms with van der Waals surface area (Å²) >= 11 is 0. The molecule has 1 heterocycles. The van der Waals surface area contributed by atoms with Crippen molar-refractivity contribution in [3.05, 3.63) is 47.2 Å². The number of hydrogen-bond acceptors (Lipinski definition) is 2. The highest BCUT2D eigenvalue weighted by atomic mass is 14.7. The van der Waals surface area contributed by atoms with Gasteiger partial charge in [0, 0.05) is 11.1 Å². The molecular formula is C15H16N2. The smallest absolute Gasteiger partial charge is 0.0705 e. The first-order chi connectivity index (χ1) is 8.36. The molecule has 0 saturated heterocycles. The van der Waals surface area contributed by atoms with Gasteiger partial charge in [0.15, 0.2) is 0 Å². The van der Waals surface area contributed by atoms with E-state index in [-0.39, 0.29) is 0 Å². The summed E-state index contributed by atoms with van der Waals surface area (Å²) in [6.07, 6.45) is 7.51. The number of nitrogens with two attached hydrogens (primary N) is 1. The second-order valence-corrected chi connectivity index (χ2v) is 4.53. The summed E-state index contributed by atoms with van der Waals surface area (Å²) in [5.74, 6) is 0. The van der Waals surface area contributed by atoms with Gasteiger partial charge in [-0.15, -0.1) is 0 Å². The number of fused-ring (bicyclic) bond motifs is 2. The molecule has 2 nitrogen and oxygen atoms in total. The summed E-state index contributed by atoms with van der Waals surface area (Å²) in [5, 5.41) is 1.22. The van der Waals surface area contributed by atoms with Gasteiger partial charge in [0.1, 0.15) is 0 Å². The van der Waals surface area contributed by atoms with Crippen LogP contribution in [-0.2, 0) is 12.8 Å². The van der Waals surface area contributed by atoms with Crippen molar-refractivity contribution in [2.45, 2.75) is 19.3 Å². The molecule has 0 radical (unpaired) electrons. The van der Waals surface area contributed by atoms with Crippen LogP contribution in [0.3, 0.4) is 0 Å². The predicted octanol–water partition coefficient (Wildman–Crippen LogP) is 2.70. The lowest BCUT2D eigenvalue weighted by atomic mass is 9.99. The zero-order valence-corrected chi connectivity index (χ0v) is 9.82. The van der Waals surface area contributed by atoms with Crippen LogP contribution in [0.15, 0.2) is 30.3 Å². The maximum absolute atomic E-state index is 5.59. The van der Waals surface area contributed by atoms with Gasteiger partial charge in [-0.25, -0.2) is 0 Å². The van der Waals surface area contributed by atoms with Gasteiger partial charge in [-0.1, -0.05) is 18.2 Å². The van der Waals surface area contributed by atoms with E-state index in [1.54, 1.807) is 0 Å². The zero-order chi connectivity index (χ0) is 11.7. The van der Waals surface area contributed by atoms with Crippen molar-refractivity contribution in [1.29, 1.82) is 0 Å². The molecule has 1 aromatic heterocycles. The summed E-state index contributed by atoms with van der Waals surface area (Å²) in [7, 11) is 0. The summed E-state index contributed by atoms with van der Waals surface area (Å²) < 4.78 is 0. The fraction of sp³-hybridized carbons (Fsp3) is 0.267. The summed E-state index contributed by atoms with van der Waals surface area (Å²) in [5.41, 5.74) is 10.5. The van der Waals surface area contributed by atoms with Crippen LogP contribution in [0.25, 0.3) is 17.0 Å². The average molecular weight is 224 g/mol. The second kappa shape index (κ2) is 4.30. The van der Waals surface area contributed by atoms with Crippen LogP contribution in [0, 0.1) is 0 Å². The molecule has 0 bridgehead atoms. The predicted molar refractivity (Wildman–Crippen MR) is 71.9 cm³/mol. The Kier molecular flexibility index (Phi) is 2.65. The Hall–Kier alpha value is -1.67. The summed E-state index contributed by atoms with van der Waals surface area (Å²) in [6.45, 7) is 0.698. The zero-order valence-electron chi connectivity index (χ0n) is 9.82. The van der Waals surface area contributed by atoms with Gasteiger partial charge in [0.25, 0.3) is 0 Å². The molecule has 2 heteroatoms. The Labute approximate surface area is 101 Å². The number of allylic oxidation sites excluding steroid dienone is 1. The maximum atomic E-state index is 5.59. The number of aromatic nitrogens is 1. The Bertz CT molecular complexity index is 585. The lowest BCUT2D eigenvalue weighted by molar-refractivity contribution is 0.937. The Morgan fingerprint density at radius 3 is 3.06 bits per heavy atom. The molecule has 0 amide bonds. The molecule has 0 aliphatic heterocycles. The van der Waals surface area contributed by atoms with Crippen LogP contribution in [-0.4, -0.2) is 11.5 Å². The fourth-order valence-electron chi connectivity index (χ4n) is 2.38. The van der Waals surface area contributed by atoms with E-state index in [1.165, 1.54) is 22.2 Å². The molecular weight excluding hydrogens is 208 g/mol. The van der Waals surface area contributed by atoms with Crippen LogP contribution in [0.4, 0.5) is 0 Å². The molecule has 1 aliphatic rings. The number of benzene rings is 1. The highest BCUT2D eigenvalue weighted by molar-refractivity contribution is 5.82. The first kappa shape index (κ1) is 10.5. The Morgan fingerprint density at radius 2 is 2.18 bits per heavy atom. The number of rotatable bonds is 2. The quantitative estimate of drug-likeness (QED) is 0.851. The molecule has 2 N–H and O–H groups in total. The maximum Gasteiger partial charge on any atom is 0.0705 e. The lowest BCUT2D eigenvalue weighted by Crippen LogP contribution is -2.03.